The van der Waals surface area contributed by atoms with E-state index in [1.165, 1.54) is 22.8 Å². The van der Waals surface area contributed by atoms with Crippen molar-refractivity contribution in [2.24, 2.45) is 0 Å². The van der Waals surface area contributed by atoms with Gasteiger partial charge in [-0.05, 0) is 24.6 Å². The van der Waals surface area contributed by atoms with Crippen molar-refractivity contribution in [2.45, 2.75) is 26.4 Å². The number of rotatable bonds is 7. The van der Waals surface area contributed by atoms with Gasteiger partial charge in [0.25, 0.3) is 5.56 Å². The minimum absolute atomic E-state index is 0.0271. The van der Waals surface area contributed by atoms with Crippen LogP contribution in [0, 0.1) is 12.7 Å². The minimum Gasteiger partial charge on any atom is -0.396 e. The number of nitrogens with one attached hydrogen (secondary N) is 1. The molecule has 2 aromatic carbocycles. The van der Waals surface area contributed by atoms with Gasteiger partial charge in [0.2, 0.25) is 5.91 Å². The highest BCUT2D eigenvalue weighted by atomic mass is 35.5. The highest BCUT2D eigenvalue weighted by Crippen LogP contribution is 2.18. The van der Waals surface area contributed by atoms with Gasteiger partial charge in [0.05, 0.1) is 5.02 Å². The molecule has 2 N–H and O–H groups in total. The van der Waals surface area contributed by atoms with Crippen LogP contribution in [0.1, 0.15) is 16.8 Å². The number of carbonyl (C=O) groups is 1. The molecule has 0 atom stereocenters. The molecule has 0 aliphatic heterocycles. The summed E-state index contributed by atoms with van der Waals surface area (Å²) in [4.78, 5) is 30.1. The third-order valence-electron chi connectivity index (χ3n) is 4.64. The number of aliphatic hydroxyl groups excluding tert-OH is 1. The number of amides is 1. The van der Waals surface area contributed by atoms with E-state index in [0.717, 1.165) is 0 Å². The molecule has 0 saturated carbocycles. The molecule has 0 fully saturated rings. The normalized spacial score (nSPS) is 10.8. The maximum atomic E-state index is 13.3. The average molecular weight is 430 g/mol. The molecule has 0 bridgehead atoms. The second-order valence-electron chi connectivity index (χ2n) is 6.76. The van der Waals surface area contributed by atoms with Crippen LogP contribution in [0.4, 0.5) is 4.39 Å². The predicted octanol–water partition coefficient (Wildman–Crippen LogP) is 2.86. The Hall–Kier alpha value is -3.03. The monoisotopic (exact) mass is 429 g/mol. The van der Waals surface area contributed by atoms with Crippen molar-refractivity contribution < 1.29 is 14.3 Å². The number of benzene rings is 2. The number of hydrogen-bond donors (Lipinski definition) is 2. The molecule has 0 spiro atoms. The molecule has 1 aromatic heterocycles. The largest absolute Gasteiger partial charge is 0.396 e. The number of aryl methyl sites for hydroxylation is 1. The van der Waals surface area contributed by atoms with Crippen LogP contribution in [0.15, 0.2) is 53.3 Å². The Morgan fingerprint density at radius 2 is 1.97 bits per heavy atom. The van der Waals surface area contributed by atoms with Gasteiger partial charge in [-0.3, -0.25) is 14.2 Å². The zero-order chi connectivity index (χ0) is 21.7. The number of nitrogens with zero attached hydrogens (tertiary/aromatic N) is 2. The summed E-state index contributed by atoms with van der Waals surface area (Å²) in [5, 5.41) is 12.0. The van der Waals surface area contributed by atoms with E-state index in [0.29, 0.717) is 28.2 Å². The quantitative estimate of drug-likeness (QED) is 0.605. The Balaban J connectivity index is 1.89. The molecule has 30 heavy (non-hydrogen) atoms. The van der Waals surface area contributed by atoms with Crippen LogP contribution in [-0.4, -0.2) is 27.2 Å². The molecule has 0 radical (unpaired) electrons. The summed E-state index contributed by atoms with van der Waals surface area (Å²) < 4.78 is 14.6. The lowest BCUT2D eigenvalue weighted by molar-refractivity contribution is -0.121. The molecule has 3 aromatic rings. The smallest absolute Gasteiger partial charge is 0.257 e. The molecule has 1 amide bonds. The predicted molar refractivity (Wildman–Crippen MR) is 113 cm³/mol. The Morgan fingerprint density at radius 1 is 1.23 bits per heavy atom. The first-order valence-electron chi connectivity index (χ1n) is 9.38. The highest BCUT2D eigenvalue weighted by molar-refractivity contribution is 6.30. The van der Waals surface area contributed by atoms with Crippen molar-refractivity contribution in [3.05, 3.63) is 86.5 Å². The Labute approximate surface area is 178 Å². The second kappa shape index (κ2) is 9.65. The number of carbonyl (C=O) groups excluding carboxylic acids is 1. The topological polar surface area (TPSA) is 84.2 Å². The van der Waals surface area contributed by atoms with Crippen molar-refractivity contribution in [3.63, 3.8) is 0 Å². The van der Waals surface area contributed by atoms with Crippen molar-refractivity contribution in [1.82, 2.24) is 14.9 Å². The lowest BCUT2D eigenvalue weighted by Crippen LogP contribution is -2.35. The van der Waals surface area contributed by atoms with Gasteiger partial charge in [0.1, 0.15) is 18.2 Å². The zero-order valence-corrected chi connectivity index (χ0v) is 17.1. The molecule has 8 heteroatoms. The first kappa shape index (κ1) is 21.7. The summed E-state index contributed by atoms with van der Waals surface area (Å²) in [7, 11) is 0. The van der Waals surface area contributed by atoms with Crippen molar-refractivity contribution in [1.29, 1.82) is 0 Å². The summed E-state index contributed by atoms with van der Waals surface area (Å²) in [5.41, 5.74) is 1.86. The van der Waals surface area contributed by atoms with E-state index >= 15 is 0 Å². The summed E-state index contributed by atoms with van der Waals surface area (Å²) in [5.74, 6) is -0.567. The Kier molecular flexibility index (Phi) is 6.97. The molecule has 0 aliphatic carbocycles. The molecule has 6 nitrogen and oxygen atoms in total. The van der Waals surface area contributed by atoms with E-state index < -0.39 is 11.7 Å². The maximum absolute atomic E-state index is 13.3. The molecule has 3 rings (SSSR count). The van der Waals surface area contributed by atoms with Crippen molar-refractivity contribution >= 4 is 17.5 Å². The van der Waals surface area contributed by atoms with E-state index in [1.54, 1.807) is 6.92 Å². The summed E-state index contributed by atoms with van der Waals surface area (Å²) >= 11 is 5.77. The molecule has 1 heterocycles. The second-order valence-corrected chi connectivity index (χ2v) is 7.16. The van der Waals surface area contributed by atoms with Crippen LogP contribution in [0.25, 0.3) is 11.4 Å². The van der Waals surface area contributed by atoms with Gasteiger partial charge in [0, 0.05) is 36.4 Å². The van der Waals surface area contributed by atoms with Gasteiger partial charge >= 0.3 is 0 Å². The third-order valence-corrected chi connectivity index (χ3v) is 4.93. The molecule has 0 unspecified atom stereocenters. The molecular weight excluding hydrogens is 409 g/mol. The Bertz CT molecular complexity index is 1120. The van der Waals surface area contributed by atoms with Crippen molar-refractivity contribution in [3.8, 4) is 11.4 Å². The van der Waals surface area contributed by atoms with Crippen LogP contribution in [-0.2, 0) is 24.3 Å². The highest BCUT2D eigenvalue weighted by Gasteiger charge is 2.17. The van der Waals surface area contributed by atoms with E-state index in [4.69, 9.17) is 11.6 Å². The zero-order valence-electron chi connectivity index (χ0n) is 16.4. The fraction of sp³-hybridized carbons (Fsp3) is 0.227. The number of aromatic nitrogens is 2. The first-order valence-corrected chi connectivity index (χ1v) is 9.75. The molecular formula is C22H21ClFN3O3. The molecule has 156 valence electrons. The van der Waals surface area contributed by atoms with E-state index in [9.17, 15) is 19.1 Å². The van der Waals surface area contributed by atoms with E-state index in [-0.39, 0.29) is 36.7 Å². The standard InChI is InChI=1S/C22H21ClFN3O3/c1-14-17(9-10-28)22(30)27(21(26-14)16-5-3-2-4-6-16)13-20(29)25-12-15-7-8-19(24)18(23)11-15/h2-8,11,28H,9-10,12-13H2,1H3,(H,25,29). The van der Waals surface area contributed by atoms with Crippen LogP contribution in [0.2, 0.25) is 5.02 Å². The Morgan fingerprint density at radius 3 is 2.63 bits per heavy atom. The van der Waals surface area contributed by atoms with Gasteiger partial charge in [-0.2, -0.15) is 0 Å². The SMILES string of the molecule is Cc1nc(-c2ccccc2)n(CC(=O)NCc2ccc(F)c(Cl)c2)c(=O)c1CCO. The van der Waals surface area contributed by atoms with Crippen LogP contribution in [0.3, 0.4) is 0 Å². The third kappa shape index (κ3) is 4.93. The fourth-order valence-electron chi connectivity index (χ4n) is 3.10. The fourth-order valence-corrected chi connectivity index (χ4v) is 3.31. The molecule has 0 saturated heterocycles. The first-order chi connectivity index (χ1) is 14.4. The lowest BCUT2D eigenvalue weighted by Gasteiger charge is -2.16. The van der Waals surface area contributed by atoms with Crippen molar-refractivity contribution in [2.75, 3.05) is 6.61 Å². The lowest BCUT2D eigenvalue weighted by atomic mass is 10.1. The molecule has 0 aliphatic rings. The van der Waals surface area contributed by atoms with E-state index in [2.05, 4.69) is 10.3 Å². The number of halogens is 2. The van der Waals surface area contributed by atoms with Gasteiger partial charge in [0.15, 0.2) is 0 Å². The van der Waals surface area contributed by atoms with Gasteiger partial charge in [-0.25, -0.2) is 9.37 Å². The van der Waals surface area contributed by atoms with Gasteiger partial charge < -0.3 is 10.4 Å². The number of aliphatic hydroxyl groups is 1. The summed E-state index contributed by atoms with van der Waals surface area (Å²) in [6.07, 6.45) is 0.155. The minimum atomic E-state index is -0.534. The maximum Gasteiger partial charge on any atom is 0.257 e. The van der Waals surface area contributed by atoms with Gasteiger partial charge in [-0.1, -0.05) is 48.0 Å². The van der Waals surface area contributed by atoms with Crippen LogP contribution < -0.4 is 10.9 Å². The van der Waals surface area contributed by atoms with Crippen LogP contribution >= 0.6 is 11.6 Å². The average Bonchev–Trinajstić information content (AvgIpc) is 2.74. The van der Waals surface area contributed by atoms with E-state index in [1.807, 2.05) is 30.3 Å². The van der Waals surface area contributed by atoms with Crippen LogP contribution in [0.5, 0.6) is 0 Å². The summed E-state index contributed by atoms with van der Waals surface area (Å²) in [6, 6.07) is 13.3. The summed E-state index contributed by atoms with van der Waals surface area (Å²) in [6.45, 7) is 1.40. The van der Waals surface area contributed by atoms with Gasteiger partial charge in [-0.15, -0.1) is 0 Å². The number of hydrogen-bond acceptors (Lipinski definition) is 4.